The fraction of sp³-hybridized carbons (Fsp3) is 0.389. The van der Waals surface area contributed by atoms with Crippen molar-refractivity contribution in [3.05, 3.63) is 29.1 Å². The highest BCUT2D eigenvalue weighted by molar-refractivity contribution is 5.92. The number of primary amides is 1. The first kappa shape index (κ1) is 17.5. The number of nitrogens with zero attached hydrogens (tertiary/aromatic N) is 2. The zero-order valence-corrected chi connectivity index (χ0v) is 14.3. The molecule has 0 aliphatic heterocycles. The lowest BCUT2D eigenvalue weighted by Gasteiger charge is -2.29. The van der Waals surface area contributed by atoms with Crippen LogP contribution in [0.3, 0.4) is 0 Å². The molecule has 0 aromatic carbocycles. The summed E-state index contributed by atoms with van der Waals surface area (Å²) in [7, 11) is 1.76. The molecule has 1 aliphatic carbocycles. The number of aromatic amines is 1. The minimum absolute atomic E-state index is 0.245. The molecule has 0 bridgehead atoms. The van der Waals surface area contributed by atoms with Gasteiger partial charge in [-0.2, -0.15) is 5.10 Å². The molecule has 0 radical (unpaired) electrons. The highest BCUT2D eigenvalue weighted by Crippen LogP contribution is 2.38. The van der Waals surface area contributed by atoms with Crippen LogP contribution < -0.4 is 11.1 Å². The summed E-state index contributed by atoms with van der Waals surface area (Å²) in [4.78, 5) is 15.6. The number of carbonyl (C=O) groups is 1. The van der Waals surface area contributed by atoms with Crippen LogP contribution in [0, 0.1) is 18.3 Å². The highest BCUT2D eigenvalue weighted by atomic mass is 16.1. The summed E-state index contributed by atoms with van der Waals surface area (Å²) < 4.78 is 0. The topological polar surface area (TPSA) is 96.7 Å². The number of aromatic nitrogens is 3. The summed E-state index contributed by atoms with van der Waals surface area (Å²) in [5.74, 6) is 0.0723. The molecule has 126 valence electrons. The van der Waals surface area contributed by atoms with Crippen molar-refractivity contribution < 1.29 is 4.79 Å². The van der Waals surface area contributed by atoms with Gasteiger partial charge in [0.05, 0.1) is 5.69 Å². The molecule has 0 fully saturated rings. The Hall–Kier alpha value is -2.81. The zero-order valence-electron chi connectivity index (χ0n) is 14.3. The second kappa shape index (κ2) is 6.75. The van der Waals surface area contributed by atoms with E-state index >= 15 is 0 Å². The molecule has 4 N–H and O–H groups in total. The van der Waals surface area contributed by atoms with Crippen LogP contribution in [0.1, 0.15) is 42.0 Å². The van der Waals surface area contributed by atoms with Gasteiger partial charge in [-0.05, 0) is 36.8 Å². The van der Waals surface area contributed by atoms with Gasteiger partial charge >= 0.3 is 0 Å². The van der Waals surface area contributed by atoms with E-state index in [-0.39, 0.29) is 5.69 Å². The number of amides is 1. The number of carbonyl (C=O) groups excluding carboxylic acids is 1. The third-order valence-electron chi connectivity index (χ3n) is 4.27. The smallest absolute Gasteiger partial charge is 0.267 e. The van der Waals surface area contributed by atoms with Crippen molar-refractivity contribution in [2.75, 3.05) is 12.4 Å². The molecule has 6 heteroatoms. The molecule has 0 saturated carbocycles. The normalized spacial score (nSPS) is 14.9. The fourth-order valence-electron chi connectivity index (χ4n) is 3.01. The van der Waals surface area contributed by atoms with Crippen LogP contribution in [0.15, 0.2) is 12.1 Å². The molecule has 0 unspecified atom stereocenters. The molecule has 1 amide bonds. The maximum Gasteiger partial charge on any atom is 0.267 e. The maximum atomic E-state index is 11.5. The quantitative estimate of drug-likeness (QED) is 0.755. The number of hydrogen-bond acceptors (Lipinski definition) is 4. The first-order chi connectivity index (χ1) is 11.4. The van der Waals surface area contributed by atoms with Gasteiger partial charge in [0.15, 0.2) is 0 Å². The molecule has 1 aliphatic rings. The van der Waals surface area contributed by atoms with Gasteiger partial charge < -0.3 is 11.1 Å². The van der Waals surface area contributed by atoms with Crippen LogP contribution in [-0.4, -0.2) is 28.1 Å². The molecule has 0 saturated heterocycles. The third-order valence-corrected chi connectivity index (χ3v) is 4.27. The lowest BCUT2D eigenvalue weighted by Crippen LogP contribution is -2.22. The Bertz CT molecular complexity index is 773. The van der Waals surface area contributed by atoms with Gasteiger partial charge in [0.2, 0.25) is 0 Å². The number of pyridine rings is 1. The molecule has 6 nitrogen and oxygen atoms in total. The van der Waals surface area contributed by atoms with Crippen molar-refractivity contribution in [1.82, 2.24) is 15.2 Å². The van der Waals surface area contributed by atoms with Crippen LogP contribution in [0.5, 0.6) is 0 Å². The number of nitrogens with one attached hydrogen (secondary N) is 2. The van der Waals surface area contributed by atoms with Gasteiger partial charge in [-0.1, -0.05) is 13.8 Å². The van der Waals surface area contributed by atoms with E-state index in [1.54, 1.807) is 13.1 Å². The summed E-state index contributed by atoms with van der Waals surface area (Å²) in [6, 6.07) is 3.60. The van der Waals surface area contributed by atoms with Crippen molar-refractivity contribution in [2.45, 2.75) is 33.1 Å². The minimum Gasteiger partial charge on any atom is -0.373 e. The van der Waals surface area contributed by atoms with Gasteiger partial charge in [0.25, 0.3) is 5.91 Å². The van der Waals surface area contributed by atoms with Crippen molar-refractivity contribution in [3.8, 4) is 24.1 Å². The van der Waals surface area contributed by atoms with E-state index in [1.807, 2.05) is 6.07 Å². The molecule has 2 aromatic rings. The molecule has 3 rings (SSSR count). The van der Waals surface area contributed by atoms with E-state index in [1.165, 1.54) is 11.3 Å². The Labute approximate surface area is 142 Å². The van der Waals surface area contributed by atoms with Gasteiger partial charge in [-0.25, -0.2) is 4.98 Å². The van der Waals surface area contributed by atoms with Crippen LogP contribution in [0.2, 0.25) is 0 Å². The van der Waals surface area contributed by atoms with E-state index < -0.39 is 5.91 Å². The van der Waals surface area contributed by atoms with Gasteiger partial charge in [0, 0.05) is 23.9 Å². The Morgan fingerprint density at radius 1 is 1.38 bits per heavy atom. The SMILES string of the molecule is C#C.CNc1cc(-c2n[nH]c3c2CCC(C)(C)C3)cc(C(N)=O)n1. The fourth-order valence-corrected chi connectivity index (χ4v) is 3.01. The number of nitrogens with two attached hydrogens (primary N) is 1. The number of anilines is 1. The van der Waals surface area contributed by atoms with Gasteiger partial charge in [-0.15, -0.1) is 12.8 Å². The number of terminal acetylenes is 1. The van der Waals surface area contributed by atoms with Crippen molar-refractivity contribution in [3.63, 3.8) is 0 Å². The molecular formula is C18H23N5O. The van der Waals surface area contributed by atoms with Gasteiger partial charge in [-0.3, -0.25) is 9.89 Å². The molecule has 0 atom stereocenters. The zero-order chi connectivity index (χ0) is 17.9. The maximum absolute atomic E-state index is 11.5. The first-order valence-corrected chi connectivity index (χ1v) is 7.79. The average Bonchev–Trinajstić information content (AvgIpc) is 2.97. The molecule has 2 heterocycles. The Morgan fingerprint density at radius 2 is 2.08 bits per heavy atom. The Morgan fingerprint density at radius 3 is 2.71 bits per heavy atom. The predicted octanol–water partition coefficient (Wildman–Crippen LogP) is 2.38. The van der Waals surface area contributed by atoms with E-state index in [2.05, 4.69) is 47.2 Å². The van der Waals surface area contributed by atoms with Crippen molar-refractivity contribution >= 4 is 11.7 Å². The average molecular weight is 325 g/mol. The number of fused-ring (bicyclic) bond motifs is 1. The second-order valence-corrected chi connectivity index (χ2v) is 6.61. The standard InChI is InChI=1S/C16H21N5O.C2H2/c1-16(2)5-4-10-12(8-16)20-21-14(10)9-6-11(15(17)22)19-13(7-9)18-3;1-2/h6-7H,4-5,8H2,1-3H3,(H2,17,22)(H,18,19)(H,20,21);1-2H. The van der Waals surface area contributed by atoms with Crippen LogP contribution in [0.25, 0.3) is 11.3 Å². The molecular weight excluding hydrogens is 302 g/mol. The third kappa shape index (κ3) is 3.40. The van der Waals surface area contributed by atoms with E-state index in [4.69, 9.17) is 5.73 Å². The lowest BCUT2D eigenvalue weighted by molar-refractivity contribution is 0.0995. The number of hydrogen-bond donors (Lipinski definition) is 3. The first-order valence-electron chi connectivity index (χ1n) is 7.79. The summed E-state index contributed by atoms with van der Waals surface area (Å²) in [5.41, 5.74) is 10.1. The van der Waals surface area contributed by atoms with E-state index in [0.717, 1.165) is 30.5 Å². The molecule has 2 aromatic heterocycles. The molecule has 24 heavy (non-hydrogen) atoms. The van der Waals surface area contributed by atoms with Crippen molar-refractivity contribution in [2.24, 2.45) is 11.1 Å². The van der Waals surface area contributed by atoms with Crippen molar-refractivity contribution in [1.29, 1.82) is 0 Å². The summed E-state index contributed by atoms with van der Waals surface area (Å²) in [6.45, 7) is 4.54. The lowest BCUT2D eigenvalue weighted by atomic mass is 9.76. The minimum atomic E-state index is -0.538. The van der Waals surface area contributed by atoms with E-state index in [9.17, 15) is 4.79 Å². The summed E-state index contributed by atoms with van der Waals surface area (Å²) in [6.07, 6.45) is 11.1. The largest absolute Gasteiger partial charge is 0.373 e. The Kier molecular flexibility index (Phi) is 4.93. The van der Waals surface area contributed by atoms with Crippen LogP contribution >= 0.6 is 0 Å². The van der Waals surface area contributed by atoms with E-state index in [0.29, 0.717) is 11.2 Å². The van der Waals surface area contributed by atoms with Crippen LogP contribution in [0.4, 0.5) is 5.82 Å². The van der Waals surface area contributed by atoms with Crippen LogP contribution in [-0.2, 0) is 12.8 Å². The summed E-state index contributed by atoms with van der Waals surface area (Å²) >= 11 is 0. The molecule has 0 spiro atoms. The van der Waals surface area contributed by atoms with Gasteiger partial charge in [0.1, 0.15) is 11.5 Å². The summed E-state index contributed by atoms with van der Waals surface area (Å²) in [5, 5.41) is 10.6. The highest BCUT2D eigenvalue weighted by Gasteiger charge is 2.29. The predicted molar refractivity (Wildman–Crippen MR) is 95.6 cm³/mol. The second-order valence-electron chi connectivity index (χ2n) is 6.61. The Balaban J connectivity index is 0.00000100. The number of rotatable bonds is 3. The monoisotopic (exact) mass is 325 g/mol. The number of H-pyrrole nitrogens is 1.